The molecule has 1 heterocycles. The van der Waals surface area contributed by atoms with E-state index in [2.05, 4.69) is 5.32 Å². The second kappa shape index (κ2) is 11.0. The maximum Gasteiger partial charge on any atom is 0.252 e. The number of amides is 1. The molecule has 1 saturated heterocycles. The molecule has 1 aliphatic heterocycles. The zero-order valence-electron chi connectivity index (χ0n) is 15.5. The molecule has 1 aliphatic rings. The van der Waals surface area contributed by atoms with Gasteiger partial charge in [-0.25, -0.2) is 0 Å². The molecule has 1 N–H and O–H groups in total. The Kier molecular flexibility index (Phi) is 8.34. The van der Waals surface area contributed by atoms with Gasteiger partial charge < -0.3 is 14.8 Å². The van der Waals surface area contributed by atoms with Crippen LogP contribution in [0.2, 0.25) is 10.0 Å². The normalized spacial score (nSPS) is 16.1. The first-order valence-corrected chi connectivity index (χ1v) is 11.1. The van der Waals surface area contributed by atoms with Crippen LogP contribution in [0.25, 0.3) is 0 Å². The number of carbonyl (C=O) groups excluding carboxylic acids is 1. The number of ether oxygens (including phenoxy) is 2. The molecule has 28 heavy (non-hydrogen) atoms. The molecule has 1 unspecified atom stereocenters. The van der Waals surface area contributed by atoms with E-state index in [0.29, 0.717) is 40.9 Å². The van der Waals surface area contributed by atoms with Gasteiger partial charge in [-0.3, -0.25) is 4.79 Å². The molecule has 1 atom stereocenters. The maximum atomic E-state index is 12.6. The highest BCUT2D eigenvalue weighted by molar-refractivity contribution is 7.99. The van der Waals surface area contributed by atoms with Crippen molar-refractivity contribution in [3.8, 4) is 5.75 Å². The third-order valence-electron chi connectivity index (χ3n) is 4.34. The van der Waals surface area contributed by atoms with Crippen molar-refractivity contribution in [3.05, 3.63) is 58.1 Å². The van der Waals surface area contributed by atoms with Gasteiger partial charge in [0.1, 0.15) is 5.75 Å². The lowest BCUT2D eigenvalue weighted by molar-refractivity contribution is 0.0948. The van der Waals surface area contributed by atoms with E-state index >= 15 is 0 Å². The van der Waals surface area contributed by atoms with Gasteiger partial charge >= 0.3 is 0 Å². The predicted molar refractivity (Wildman–Crippen MR) is 115 cm³/mol. The molecule has 4 nitrogen and oxygen atoms in total. The average molecular weight is 440 g/mol. The molecule has 0 radical (unpaired) electrons. The minimum absolute atomic E-state index is 0.0695. The molecule has 150 valence electrons. The van der Waals surface area contributed by atoms with E-state index in [9.17, 15) is 4.79 Å². The van der Waals surface area contributed by atoms with Crippen LogP contribution in [-0.2, 0) is 4.74 Å². The molecule has 2 aromatic rings. The lowest BCUT2D eigenvalue weighted by atomic mass is 10.2. The summed E-state index contributed by atoms with van der Waals surface area (Å²) in [6, 6.07) is 12.8. The summed E-state index contributed by atoms with van der Waals surface area (Å²) in [5.74, 6) is 1.40. The summed E-state index contributed by atoms with van der Waals surface area (Å²) in [5.41, 5.74) is 0.701. The first-order chi connectivity index (χ1) is 13.6. The van der Waals surface area contributed by atoms with Gasteiger partial charge in [0.15, 0.2) is 0 Å². The van der Waals surface area contributed by atoms with Gasteiger partial charge in [0, 0.05) is 28.8 Å². The summed E-state index contributed by atoms with van der Waals surface area (Å²) in [4.78, 5) is 13.5. The number of thioether (sulfide) groups is 1. The Morgan fingerprint density at radius 2 is 2.11 bits per heavy atom. The van der Waals surface area contributed by atoms with E-state index in [-0.39, 0.29) is 12.0 Å². The molecule has 0 aromatic heterocycles. The van der Waals surface area contributed by atoms with Crippen LogP contribution in [0.5, 0.6) is 5.75 Å². The van der Waals surface area contributed by atoms with E-state index in [1.54, 1.807) is 30.0 Å². The molecule has 0 saturated carbocycles. The van der Waals surface area contributed by atoms with Crippen molar-refractivity contribution < 1.29 is 14.3 Å². The fraction of sp³-hybridized carbons (Fsp3) is 0.381. The van der Waals surface area contributed by atoms with E-state index < -0.39 is 0 Å². The van der Waals surface area contributed by atoms with Gasteiger partial charge in [0.25, 0.3) is 5.91 Å². The van der Waals surface area contributed by atoms with Gasteiger partial charge in [0.05, 0.1) is 23.3 Å². The van der Waals surface area contributed by atoms with E-state index in [1.807, 2.05) is 24.3 Å². The first kappa shape index (κ1) is 21.3. The van der Waals surface area contributed by atoms with Crippen LogP contribution in [0.3, 0.4) is 0 Å². The SMILES string of the molecule is O=C(NCCCOc1ccc(Cl)cc1Cl)c1ccccc1SCC1CCCO1. The fourth-order valence-corrected chi connectivity index (χ4v) is 4.46. The van der Waals surface area contributed by atoms with Crippen molar-refractivity contribution >= 4 is 40.9 Å². The quantitative estimate of drug-likeness (QED) is 0.415. The summed E-state index contributed by atoms with van der Waals surface area (Å²) < 4.78 is 11.3. The maximum absolute atomic E-state index is 12.6. The third kappa shape index (κ3) is 6.31. The van der Waals surface area contributed by atoms with Gasteiger partial charge in [-0.1, -0.05) is 35.3 Å². The monoisotopic (exact) mass is 439 g/mol. The zero-order valence-corrected chi connectivity index (χ0v) is 17.8. The Morgan fingerprint density at radius 1 is 1.25 bits per heavy atom. The first-order valence-electron chi connectivity index (χ1n) is 9.33. The van der Waals surface area contributed by atoms with Gasteiger partial charge in [-0.2, -0.15) is 0 Å². The van der Waals surface area contributed by atoms with Crippen molar-refractivity contribution in [1.29, 1.82) is 0 Å². The minimum Gasteiger partial charge on any atom is -0.492 e. The molecular weight excluding hydrogens is 417 g/mol. The van der Waals surface area contributed by atoms with Gasteiger partial charge in [-0.05, 0) is 49.6 Å². The van der Waals surface area contributed by atoms with Gasteiger partial charge in [0.2, 0.25) is 0 Å². The summed E-state index contributed by atoms with van der Waals surface area (Å²) in [7, 11) is 0. The highest BCUT2D eigenvalue weighted by atomic mass is 35.5. The second-order valence-corrected chi connectivity index (χ2v) is 8.38. The Hall–Kier alpha value is -1.40. The van der Waals surface area contributed by atoms with Crippen molar-refractivity contribution in [3.63, 3.8) is 0 Å². The van der Waals surface area contributed by atoms with Crippen LogP contribution in [0.4, 0.5) is 0 Å². The third-order valence-corrected chi connectivity index (χ3v) is 6.07. The zero-order chi connectivity index (χ0) is 19.8. The Labute approximate surface area is 179 Å². The molecule has 1 amide bonds. The van der Waals surface area contributed by atoms with E-state index in [1.165, 1.54) is 0 Å². The molecular formula is C21H23Cl2NO3S. The smallest absolute Gasteiger partial charge is 0.252 e. The Balaban J connectivity index is 1.43. The number of hydrogen-bond donors (Lipinski definition) is 1. The lowest BCUT2D eigenvalue weighted by Crippen LogP contribution is -2.26. The minimum atomic E-state index is -0.0695. The van der Waals surface area contributed by atoms with Crippen LogP contribution in [-0.4, -0.2) is 37.5 Å². The Morgan fingerprint density at radius 3 is 2.89 bits per heavy atom. The van der Waals surface area contributed by atoms with E-state index in [4.69, 9.17) is 32.7 Å². The standard InChI is InChI=1S/C21H23Cl2NO3S/c22-15-8-9-19(18(23)13-15)27-12-4-10-24-21(25)17-6-1-2-7-20(17)28-14-16-5-3-11-26-16/h1-2,6-9,13,16H,3-5,10-12,14H2,(H,24,25). The number of halogens is 2. The number of benzene rings is 2. The summed E-state index contributed by atoms with van der Waals surface area (Å²) in [5, 5.41) is 4.01. The van der Waals surface area contributed by atoms with Crippen LogP contribution in [0, 0.1) is 0 Å². The summed E-state index contributed by atoms with van der Waals surface area (Å²) >= 11 is 13.6. The number of hydrogen-bond acceptors (Lipinski definition) is 4. The lowest BCUT2D eigenvalue weighted by Gasteiger charge is -2.13. The fourth-order valence-electron chi connectivity index (χ4n) is 2.88. The summed E-state index contributed by atoms with van der Waals surface area (Å²) in [6.07, 6.45) is 3.18. The molecule has 1 fully saturated rings. The van der Waals surface area contributed by atoms with Crippen LogP contribution in [0.15, 0.2) is 47.4 Å². The number of nitrogens with one attached hydrogen (secondary N) is 1. The molecule has 3 rings (SSSR count). The van der Waals surface area contributed by atoms with Crippen molar-refractivity contribution in [2.24, 2.45) is 0 Å². The molecule has 7 heteroatoms. The highest BCUT2D eigenvalue weighted by Gasteiger charge is 2.17. The van der Waals surface area contributed by atoms with Gasteiger partial charge in [-0.15, -0.1) is 11.8 Å². The van der Waals surface area contributed by atoms with Crippen molar-refractivity contribution in [2.45, 2.75) is 30.3 Å². The largest absolute Gasteiger partial charge is 0.492 e. The predicted octanol–water partition coefficient (Wildman–Crippen LogP) is 5.46. The van der Waals surface area contributed by atoms with Crippen molar-refractivity contribution in [2.75, 3.05) is 25.5 Å². The second-order valence-electron chi connectivity index (χ2n) is 6.47. The highest BCUT2D eigenvalue weighted by Crippen LogP contribution is 2.28. The molecule has 0 bridgehead atoms. The van der Waals surface area contributed by atoms with Crippen LogP contribution in [0.1, 0.15) is 29.6 Å². The average Bonchev–Trinajstić information content (AvgIpc) is 3.21. The Bertz CT molecular complexity index is 797. The number of carbonyl (C=O) groups is 1. The van der Waals surface area contributed by atoms with E-state index in [0.717, 1.165) is 30.1 Å². The van der Waals surface area contributed by atoms with Crippen LogP contribution < -0.4 is 10.1 Å². The summed E-state index contributed by atoms with van der Waals surface area (Å²) in [6.45, 7) is 1.82. The molecule has 0 spiro atoms. The topological polar surface area (TPSA) is 47.6 Å². The number of rotatable bonds is 9. The molecule has 2 aromatic carbocycles. The van der Waals surface area contributed by atoms with Crippen molar-refractivity contribution in [1.82, 2.24) is 5.32 Å². The molecule has 0 aliphatic carbocycles. The van der Waals surface area contributed by atoms with Crippen LogP contribution >= 0.6 is 35.0 Å².